The lowest BCUT2D eigenvalue weighted by Crippen LogP contribution is -2.57. The Morgan fingerprint density at radius 3 is 2.23 bits per heavy atom. The van der Waals surface area contributed by atoms with Gasteiger partial charge in [-0.05, 0) is 45.3 Å². The van der Waals surface area contributed by atoms with E-state index in [-0.39, 0.29) is 24.7 Å². The van der Waals surface area contributed by atoms with Crippen LogP contribution in [0, 0.1) is 42.4 Å². The summed E-state index contributed by atoms with van der Waals surface area (Å²) < 4.78 is 0. The Labute approximate surface area is 264 Å². The quantitative estimate of drug-likeness (QED) is 0.201. The molecule has 1 aromatic rings. The van der Waals surface area contributed by atoms with Gasteiger partial charge in [-0.2, -0.15) is 0 Å². The lowest BCUT2D eigenvalue weighted by Gasteiger charge is -2.33. The Hall–Kier alpha value is -3.37. The molecular formula is C35H52N4O5. The van der Waals surface area contributed by atoms with E-state index in [2.05, 4.69) is 22.5 Å². The van der Waals surface area contributed by atoms with E-state index in [9.17, 15) is 24.6 Å². The van der Waals surface area contributed by atoms with Crippen molar-refractivity contribution in [1.82, 2.24) is 20.4 Å². The number of hydrogen-bond donors (Lipinski definition) is 4. The number of carbonyl (C=O) groups excluding carboxylic acids is 3. The standard InChI is InChI=1S/C35H52N4O5/c1-7-15-30(40)33(42)29(23-27-18-13-10-14-19-27)36-35(44)32(25(3)8-2)37-34(43)28(22-26-16-11-9-12-17-26)24-31(41)39(6)21-20-38(4)5/h1-2,9,11-12,16-17,25,27-30,32-33,40,42H,10,13-15,18-24H2,3-6H3,(H,36,44)(H,37,43). The molecule has 0 heterocycles. The van der Waals surface area contributed by atoms with Crippen LogP contribution in [0.5, 0.6) is 0 Å². The van der Waals surface area contributed by atoms with Crippen LogP contribution in [-0.2, 0) is 20.8 Å². The van der Waals surface area contributed by atoms with E-state index in [1.54, 1.807) is 18.9 Å². The van der Waals surface area contributed by atoms with E-state index >= 15 is 0 Å². The summed E-state index contributed by atoms with van der Waals surface area (Å²) in [6, 6.07) is 7.54. The smallest absolute Gasteiger partial charge is 0.244 e. The minimum atomic E-state index is -1.28. The van der Waals surface area contributed by atoms with Crippen LogP contribution in [0.4, 0.5) is 0 Å². The maximum absolute atomic E-state index is 13.8. The summed E-state index contributed by atoms with van der Waals surface area (Å²) in [6.07, 6.45) is 14.6. The number of benzene rings is 1. The minimum Gasteiger partial charge on any atom is -0.389 e. The highest BCUT2D eigenvalue weighted by Crippen LogP contribution is 2.29. The molecule has 0 aliphatic heterocycles. The number of hydrogen-bond acceptors (Lipinski definition) is 6. The van der Waals surface area contributed by atoms with E-state index in [4.69, 9.17) is 12.8 Å². The molecule has 1 saturated carbocycles. The summed E-state index contributed by atoms with van der Waals surface area (Å²) in [5, 5.41) is 27.2. The fourth-order valence-corrected chi connectivity index (χ4v) is 5.63. The molecule has 2 rings (SSSR count). The number of carbonyl (C=O) groups is 3. The summed E-state index contributed by atoms with van der Waals surface area (Å²) in [7, 11) is 5.57. The highest BCUT2D eigenvalue weighted by molar-refractivity contribution is 5.91. The molecule has 0 spiro atoms. The van der Waals surface area contributed by atoms with Gasteiger partial charge in [-0.3, -0.25) is 14.4 Å². The van der Waals surface area contributed by atoms with Crippen LogP contribution in [0.15, 0.2) is 30.3 Å². The van der Waals surface area contributed by atoms with Gasteiger partial charge in [0.05, 0.1) is 18.1 Å². The fourth-order valence-electron chi connectivity index (χ4n) is 5.63. The van der Waals surface area contributed by atoms with Crippen molar-refractivity contribution in [2.24, 2.45) is 17.8 Å². The van der Waals surface area contributed by atoms with Crippen molar-refractivity contribution in [2.45, 2.75) is 89.0 Å². The first-order chi connectivity index (χ1) is 21.0. The van der Waals surface area contributed by atoms with E-state index < -0.39 is 47.9 Å². The zero-order valence-electron chi connectivity index (χ0n) is 26.9. The molecule has 0 aromatic heterocycles. The molecule has 0 radical (unpaired) electrons. The van der Waals surface area contributed by atoms with Crippen LogP contribution >= 0.6 is 0 Å². The first-order valence-electron chi connectivity index (χ1n) is 15.8. The molecular weight excluding hydrogens is 556 g/mol. The van der Waals surface area contributed by atoms with Gasteiger partial charge in [0.2, 0.25) is 17.7 Å². The fraction of sp³-hybridized carbons (Fsp3) is 0.629. The summed E-state index contributed by atoms with van der Waals surface area (Å²) in [6.45, 7) is 2.86. The van der Waals surface area contributed by atoms with Crippen molar-refractivity contribution in [2.75, 3.05) is 34.2 Å². The van der Waals surface area contributed by atoms with E-state index in [1.165, 1.54) is 0 Å². The summed E-state index contributed by atoms with van der Waals surface area (Å²) in [5.74, 6) is 2.60. The number of nitrogens with one attached hydrogen (secondary N) is 2. The first kappa shape index (κ1) is 36.8. The van der Waals surface area contributed by atoms with Gasteiger partial charge in [0, 0.05) is 38.9 Å². The summed E-state index contributed by atoms with van der Waals surface area (Å²) in [5.41, 5.74) is 0.889. The molecule has 1 aliphatic rings. The number of aliphatic hydroxyl groups excluding tert-OH is 2. The third kappa shape index (κ3) is 12.3. The average molecular weight is 609 g/mol. The zero-order valence-corrected chi connectivity index (χ0v) is 26.9. The zero-order chi connectivity index (χ0) is 32.6. The monoisotopic (exact) mass is 608 g/mol. The molecule has 4 N–H and O–H groups in total. The van der Waals surface area contributed by atoms with Crippen LogP contribution < -0.4 is 10.6 Å². The van der Waals surface area contributed by atoms with Crippen LogP contribution in [0.1, 0.15) is 63.9 Å². The molecule has 1 aromatic carbocycles. The third-order valence-electron chi connectivity index (χ3n) is 8.54. The van der Waals surface area contributed by atoms with Crippen LogP contribution in [0.25, 0.3) is 0 Å². The largest absolute Gasteiger partial charge is 0.389 e. The van der Waals surface area contributed by atoms with Crippen molar-refractivity contribution >= 4 is 17.7 Å². The molecule has 1 aliphatic carbocycles. The molecule has 9 nitrogen and oxygen atoms in total. The van der Waals surface area contributed by atoms with Crippen molar-refractivity contribution < 1.29 is 24.6 Å². The van der Waals surface area contributed by atoms with Crippen LogP contribution in [0.2, 0.25) is 0 Å². The van der Waals surface area contributed by atoms with Gasteiger partial charge < -0.3 is 30.6 Å². The van der Waals surface area contributed by atoms with E-state index in [0.717, 1.165) is 37.7 Å². The van der Waals surface area contributed by atoms with Crippen LogP contribution in [-0.4, -0.2) is 96.3 Å². The van der Waals surface area contributed by atoms with E-state index in [0.29, 0.717) is 25.9 Å². The second-order valence-corrected chi connectivity index (χ2v) is 12.5. The van der Waals surface area contributed by atoms with Crippen LogP contribution in [0.3, 0.4) is 0 Å². The topological polar surface area (TPSA) is 122 Å². The summed E-state index contributed by atoms with van der Waals surface area (Å²) in [4.78, 5) is 44.3. The first-order valence-corrected chi connectivity index (χ1v) is 15.8. The molecule has 0 saturated heterocycles. The third-order valence-corrected chi connectivity index (χ3v) is 8.54. The molecule has 242 valence electrons. The maximum Gasteiger partial charge on any atom is 0.244 e. The Bertz CT molecular complexity index is 1120. The predicted octanol–water partition coefficient (Wildman–Crippen LogP) is 2.21. The van der Waals surface area contributed by atoms with Gasteiger partial charge in [0.1, 0.15) is 12.1 Å². The van der Waals surface area contributed by atoms with Gasteiger partial charge in [-0.15, -0.1) is 24.7 Å². The molecule has 0 bridgehead atoms. The Morgan fingerprint density at radius 1 is 0.977 bits per heavy atom. The number of nitrogens with zero attached hydrogens (tertiary/aromatic N) is 2. The lowest BCUT2D eigenvalue weighted by molar-refractivity contribution is -0.137. The van der Waals surface area contributed by atoms with E-state index in [1.807, 2.05) is 49.3 Å². The number of terminal acetylenes is 2. The average Bonchev–Trinajstić information content (AvgIpc) is 3.01. The molecule has 3 amide bonds. The second kappa shape index (κ2) is 19.1. The lowest BCUT2D eigenvalue weighted by atomic mass is 9.82. The molecule has 6 atom stereocenters. The van der Waals surface area contributed by atoms with Crippen molar-refractivity contribution in [3.63, 3.8) is 0 Å². The van der Waals surface area contributed by atoms with Gasteiger partial charge >= 0.3 is 0 Å². The molecule has 44 heavy (non-hydrogen) atoms. The predicted molar refractivity (Wildman–Crippen MR) is 173 cm³/mol. The Morgan fingerprint density at radius 2 is 1.64 bits per heavy atom. The van der Waals surface area contributed by atoms with Gasteiger partial charge in [-0.1, -0.05) is 62.4 Å². The van der Waals surface area contributed by atoms with Crippen molar-refractivity contribution in [3.8, 4) is 24.7 Å². The second-order valence-electron chi connectivity index (χ2n) is 12.5. The minimum absolute atomic E-state index is 0.0370. The van der Waals surface area contributed by atoms with Crippen molar-refractivity contribution in [1.29, 1.82) is 0 Å². The highest BCUT2D eigenvalue weighted by atomic mass is 16.3. The van der Waals surface area contributed by atoms with Crippen molar-refractivity contribution in [3.05, 3.63) is 35.9 Å². The molecule has 1 fully saturated rings. The Balaban J connectivity index is 2.26. The summed E-state index contributed by atoms with van der Waals surface area (Å²) >= 11 is 0. The number of rotatable bonds is 17. The normalized spacial score (nSPS) is 17.7. The SMILES string of the molecule is C#CCC(O)C(O)C(CC1CCCCC1)NC(=O)C(NC(=O)C(CC(=O)N(C)CCN(C)C)Cc1ccccc1)C(C)C#C. The van der Waals surface area contributed by atoms with Gasteiger partial charge in [0.25, 0.3) is 0 Å². The number of amides is 3. The molecule has 9 heteroatoms. The molecule has 6 unspecified atom stereocenters. The number of likely N-dealkylation sites (N-methyl/N-ethyl adjacent to an activating group) is 2. The Kier molecular flexibility index (Phi) is 16.0. The maximum atomic E-state index is 13.8. The number of aliphatic hydroxyl groups is 2. The van der Waals surface area contributed by atoms with Gasteiger partial charge in [0.15, 0.2) is 0 Å². The highest BCUT2D eigenvalue weighted by Gasteiger charge is 2.35. The van der Waals surface area contributed by atoms with Gasteiger partial charge in [-0.25, -0.2) is 0 Å².